The Hall–Kier alpha value is -2.27. The first-order chi connectivity index (χ1) is 10.1. The van der Waals surface area contributed by atoms with E-state index in [-0.39, 0.29) is 10.7 Å². The van der Waals surface area contributed by atoms with Gasteiger partial charge in [0.15, 0.2) is 0 Å². The number of carbonyl (C=O) groups excluding carboxylic acids is 1. The predicted octanol–water partition coefficient (Wildman–Crippen LogP) is 3.81. The van der Waals surface area contributed by atoms with Crippen molar-refractivity contribution >= 4 is 23.3 Å². The van der Waals surface area contributed by atoms with E-state index in [2.05, 4.69) is 10.6 Å². The molecule has 0 aromatic heterocycles. The molecule has 0 saturated carbocycles. The third-order valence-corrected chi connectivity index (χ3v) is 3.03. The molecule has 110 valence electrons. The molecule has 0 fully saturated rings. The van der Waals surface area contributed by atoms with E-state index in [4.69, 9.17) is 16.3 Å². The Morgan fingerprint density at radius 1 is 1.24 bits per heavy atom. The third-order valence-electron chi connectivity index (χ3n) is 2.79. The minimum Gasteiger partial charge on any atom is -0.497 e. The molecule has 0 atom stereocenters. The van der Waals surface area contributed by atoms with Gasteiger partial charge in [-0.1, -0.05) is 23.7 Å². The first kappa shape index (κ1) is 15.1. The van der Waals surface area contributed by atoms with Crippen molar-refractivity contribution in [2.45, 2.75) is 6.54 Å². The summed E-state index contributed by atoms with van der Waals surface area (Å²) in [5.74, 6) is 0.161. The van der Waals surface area contributed by atoms with E-state index < -0.39 is 11.8 Å². The molecule has 2 aromatic rings. The monoisotopic (exact) mass is 308 g/mol. The molecule has 0 radical (unpaired) electrons. The Bertz CT molecular complexity index is 632. The van der Waals surface area contributed by atoms with Gasteiger partial charge in [0, 0.05) is 11.6 Å². The maximum atomic E-state index is 13.5. The van der Waals surface area contributed by atoms with Crippen LogP contribution >= 0.6 is 11.6 Å². The van der Waals surface area contributed by atoms with Crippen molar-refractivity contribution in [3.05, 3.63) is 58.9 Å². The van der Waals surface area contributed by atoms with Crippen LogP contribution in [0.5, 0.6) is 5.75 Å². The molecule has 0 saturated heterocycles. The Kier molecular flexibility index (Phi) is 5.00. The zero-order chi connectivity index (χ0) is 15.2. The SMILES string of the molecule is COc1ccc(CNC(=O)Nc2ccc(Cl)cc2F)cc1. The highest BCUT2D eigenvalue weighted by Gasteiger charge is 2.07. The highest BCUT2D eigenvalue weighted by atomic mass is 35.5. The van der Waals surface area contributed by atoms with Crippen LogP contribution in [-0.4, -0.2) is 13.1 Å². The summed E-state index contributed by atoms with van der Waals surface area (Å²) in [4.78, 5) is 11.7. The lowest BCUT2D eigenvalue weighted by Crippen LogP contribution is -2.28. The number of ether oxygens (including phenoxy) is 1. The number of hydrogen-bond donors (Lipinski definition) is 2. The number of methoxy groups -OCH3 is 1. The lowest BCUT2D eigenvalue weighted by Gasteiger charge is -2.09. The molecule has 4 nitrogen and oxygen atoms in total. The van der Waals surface area contributed by atoms with Crippen LogP contribution < -0.4 is 15.4 Å². The van der Waals surface area contributed by atoms with Crippen LogP contribution in [0.3, 0.4) is 0 Å². The highest BCUT2D eigenvalue weighted by molar-refractivity contribution is 6.30. The fourth-order valence-electron chi connectivity index (χ4n) is 1.68. The predicted molar refractivity (Wildman–Crippen MR) is 80.3 cm³/mol. The quantitative estimate of drug-likeness (QED) is 0.902. The van der Waals surface area contributed by atoms with E-state index in [1.165, 1.54) is 12.1 Å². The van der Waals surface area contributed by atoms with Gasteiger partial charge in [0.25, 0.3) is 0 Å². The number of rotatable bonds is 4. The second-order valence-corrected chi connectivity index (χ2v) is 4.72. The fraction of sp³-hybridized carbons (Fsp3) is 0.133. The minimum absolute atomic E-state index is 0.0756. The smallest absolute Gasteiger partial charge is 0.319 e. The largest absolute Gasteiger partial charge is 0.497 e. The Morgan fingerprint density at radius 3 is 2.57 bits per heavy atom. The van der Waals surface area contributed by atoms with E-state index in [1.54, 1.807) is 19.2 Å². The molecule has 6 heteroatoms. The van der Waals surface area contributed by atoms with E-state index in [1.807, 2.05) is 12.1 Å². The molecule has 2 aromatic carbocycles. The van der Waals surface area contributed by atoms with Gasteiger partial charge in [0.1, 0.15) is 11.6 Å². The van der Waals surface area contributed by atoms with Crippen molar-refractivity contribution in [2.75, 3.05) is 12.4 Å². The zero-order valence-electron chi connectivity index (χ0n) is 11.3. The van der Waals surface area contributed by atoms with Crippen molar-refractivity contribution in [1.82, 2.24) is 5.32 Å². The molecule has 2 N–H and O–H groups in total. The maximum absolute atomic E-state index is 13.5. The molecule has 2 rings (SSSR count). The summed E-state index contributed by atoms with van der Waals surface area (Å²) >= 11 is 5.64. The number of amides is 2. The molecular formula is C15H14ClFN2O2. The molecule has 0 bridgehead atoms. The lowest BCUT2D eigenvalue weighted by atomic mass is 10.2. The summed E-state index contributed by atoms with van der Waals surface area (Å²) in [5.41, 5.74) is 0.981. The van der Waals surface area contributed by atoms with Gasteiger partial charge in [-0.3, -0.25) is 0 Å². The van der Waals surface area contributed by atoms with Crippen molar-refractivity contribution in [1.29, 1.82) is 0 Å². The van der Waals surface area contributed by atoms with Crippen molar-refractivity contribution in [3.8, 4) is 5.75 Å². The van der Waals surface area contributed by atoms with E-state index in [0.717, 1.165) is 17.4 Å². The van der Waals surface area contributed by atoms with E-state index in [0.29, 0.717) is 6.54 Å². The summed E-state index contributed by atoms with van der Waals surface area (Å²) in [6.07, 6.45) is 0. The minimum atomic E-state index is -0.581. The van der Waals surface area contributed by atoms with Crippen LogP contribution in [0.2, 0.25) is 5.02 Å². The first-order valence-corrected chi connectivity index (χ1v) is 6.59. The number of nitrogens with one attached hydrogen (secondary N) is 2. The van der Waals surface area contributed by atoms with Crippen LogP contribution in [-0.2, 0) is 6.54 Å². The van der Waals surface area contributed by atoms with Crippen LogP contribution in [0.4, 0.5) is 14.9 Å². The van der Waals surface area contributed by atoms with Gasteiger partial charge in [-0.25, -0.2) is 9.18 Å². The summed E-state index contributed by atoms with van der Waals surface area (Å²) in [7, 11) is 1.58. The summed E-state index contributed by atoms with van der Waals surface area (Å²) < 4.78 is 18.6. The van der Waals surface area contributed by atoms with Gasteiger partial charge < -0.3 is 15.4 Å². The van der Waals surface area contributed by atoms with Gasteiger partial charge in [-0.15, -0.1) is 0 Å². The molecule has 0 aliphatic rings. The summed E-state index contributed by atoms with van der Waals surface area (Å²) in [5, 5.41) is 5.33. The second-order valence-electron chi connectivity index (χ2n) is 4.28. The van der Waals surface area contributed by atoms with E-state index >= 15 is 0 Å². The summed E-state index contributed by atoms with van der Waals surface area (Å²) in [6.45, 7) is 0.324. The van der Waals surface area contributed by atoms with E-state index in [9.17, 15) is 9.18 Å². The van der Waals surface area contributed by atoms with Gasteiger partial charge in [0.05, 0.1) is 12.8 Å². The first-order valence-electron chi connectivity index (χ1n) is 6.21. The van der Waals surface area contributed by atoms with Crippen molar-refractivity contribution < 1.29 is 13.9 Å². The number of halogens is 2. The summed E-state index contributed by atoms with van der Waals surface area (Å²) in [6, 6.07) is 10.8. The molecular weight excluding hydrogens is 295 g/mol. The molecule has 0 heterocycles. The molecule has 0 aliphatic carbocycles. The topological polar surface area (TPSA) is 50.4 Å². The van der Waals surface area contributed by atoms with Gasteiger partial charge in [-0.05, 0) is 35.9 Å². The number of carbonyl (C=O) groups is 1. The van der Waals surface area contributed by atoms with Crippen molar-refractivity contribution in [3.63, 3.8) is 0 Å². The van der Waals surface area contributed by atoms with Crippen LogP contribution in [0.25, 0.3) is 0 Å². The fourth-order valence-corrected chi connectivity index (χ4v) is 1.84. The van der Waals surface area contributed by atoms with Crippen LogP contribution in [0.1, 0.15) is 5.56 Å². The zero-order valence-corrected chi connectivity index (χ0v) is 12.1. The second kappa shape index (κ2) is 6.95. The maximum Gasteiger partial charge on any atom is 0.319 e. The Morgan fingerprint density at radius 2 is 1.95 bits per heavy atom. The van der Waals surface area contributed by atoms with Gasteiger partial charge >= 0.3 is 6.03 Å². The highest BCUT2D eigenvalue weighted by Crippen LogP contribution is 2.18. The van der Waals surface area contributed by atoms with Gasteiger partial charge in [-0.2, -0.15) is 0 Å². The molecule has 21 heavy (non-hydrogen) atoms. The lowest BCUT2D eigenvalue weighted by molar-refractivity contribution is 0.251. The van der Waals surface area contributed by atoms with Crippen LogP contribution in [0.15, 0.2) is 42.5 Å². The standard InChI is InChI=1S/C15H14ClFN2O2/c1-21-12-5-2-10(3-6-12)9-18-15(20)19-14-7-4-11(16)8-13(14)17/h2-8H,9H2,1H3,(H2,18,19,20). The molecule has 2 amide bonds. The molecule has 0 unspecified atom stereocenters. The number of hydrogen-bond acceptors (Lipinski definition) is 2. The average molecular weight is 309 g/mol. The average Bonchev–Trinajstić information content (AvgIpc) is 2.48. The van der Waals surface area contributed by atoms with Crippen molar-refractivity contribution in [2.24, 2.45) is 0 Å². The third kappa shape index (κ3) is 4.36. The number of urea groups is 1. The molecule has 0 aliphatic heterocycles. The number of benzene rings is 2. The van der Waals surface area contributed by atoms with Crippen LogP contribution in [0, 0.1) is 5.82 Å². The normalized spacial score (nSPS) is 10.0. The number of anilines is 1. The Labute approximate surface area is 126 Å². The van der Waals surface area contributed by atoms with Gasteiger partial charge in [0.2, 0.25) is 0 Å². The molecule has 0 spiro atoms. The Balaban J connectivity index is 1.89.